The summed E-state index contributed by atoms with van der Waals surface area (Å²) >= 11 is 0. The predicted octanol–water partition coefficient (Wildman–Crippen LogP) is 2.39. The Bertz CT molecular complexity index is 695. The molecule has 0 aliphatic carbocycles. The molecule has 0 radical (unpaired) electrons. The maximum Gasteiger partial charge on any atom is 0.223 e. The van der Waals surface area contributed by atoms with Gasteiger partial charge in [0.15, 0.2) is 5.78 Å². The maximum absolute atomic E-state index is 12.3. The van der Waals surface area contributed by atoms with E-state index in [1.807, 2.05) is 41.3 Å². The molecule has 0 spiro atoms. The van der Waals surface area contributed by atoms with Gasteiger partial charge in [-0.05, 0) is 12.1 Å². The number of hydrogen-bond donors (Lipinski definition) is 0. The van der Waals surface area contributed by atoms with E-state index in [0.29, 0.717) is 18.7 Å². The molecule has 5 heteroatoms. The Hall–Kier alpha value is -2.53. The lowest BCUT2D eigenvalue weighted by Gasteiger charge is -2.34. The van der Waals surface area contributed by atoms with E-state index in [2.05, 4.69) is 9.88 Å². The Morgan fingerprint density at radius 1 is 0.880 bits per heavy atom. The number of benzene rings is 1. The van der Waals surface area contributed by atoms with Crippen LogP contribution in [0.4, 0.5) is 0 Å². The van der Waals surface area contributed by atoms with Gasteiger partial charge in [0.2, 0.25) is 5.91 Å². The fourth-order valence-corrected chi connectivity index (χ4v) is 3.02. The van der Waals surface area contributed by atoms with E-state index in [4.69, 9.17) is 0 Å². The minimum Gasteiger partial charge on any atom is -0.340 e. The second-order valence-corrected chi connectivity index (χ2v) is 6.27. The van der Waals surface area contributed by atoms with Gasteiger partial charge in [0, 0.05) is 57.3 Å². The van der Waals surface area contributed by atoms with E-state index in [-0.39, 0.29) is 24.5 Å². The molecular weight excluding hydrogens is 314 g/mol. The molecule has 2 aromatic rings. The van der Waals surface area contributed by atoms with Gasteiger partial charge in [-0.3, -0.25) is 19.5 Å². The molecule has 2 heterocycles. The second kappa shape index (κ2) is 8.53. The zero-order valence-electron chi connectivity index (χ0n) is 14.3. The van der Waals surface area contributed by atoms with Crippen molar-refractivity contribution in [2.45, 2.75) is 19.4 Å². The average molecular weight is 337 g/mol. The monoisotopic (exact) mass is 337 g/mol. The van der Waals surface area contributed by atoms with Crippen molar-refractivity contribution in [2.75, 3.05) is 26.2 Å². The molecule has 0 saturated carbocycles. The lowest BCUT2D eigenvalue weighted by molar-refractivity contribution is -0.133. The first-order chi connectivity index (χ1) is 12.2. The Morgan fingerprint density at radius 2 is 1.60 bits per heavy atom. The van der Waals surface area contributed by atoms with Crippen molar-refractivity contribution >= 4 is 11.7 Å². The molecule has 25 heavy (non-hydrogen) atoms. The summed E-state index contributed by atoms with van der Waals surface area (Å²) in [5.41, 5.74) is 1.73. The van der Waals surface area contributed by atoms with Gasteiger partial charge < -0.3 is 4.90 Å². The number of rotatable bonds is 6. The molecule has 5 nitrogen and oxygen atoms in total. The van der Waals surface area contributed by atoms with Crippen LogP contribution in [-0.2, 0) is 11.3 Å². The highest BCUT2D eigenvalue weighted by molar-refractivity contribution is 5.97. The van der Waals surface area contributed by atoms with E-state index in [9.17, 15) is 9.59 Å². The zero-order valence-corrected chi connectivity index (χ0v) is 14.3. The van der Waals surface area contributed by atoms with Gasteiger partial charge in [0.05, 0.1) is 5.69 Å². The minimum atomic E-state index is 0.0303. The highest BCUT2D eigenvalue weighted by atomic mass is 16.2. The van der Waals surface area contributed by atoms with Crippen molar-refractivity contribution < 1.29 is 9.59 Å². The third kappa shape index (κ3) is 4.97. The number of Topliss-reactive ketones (excluding diaryl/α,β-unsaturated/α-hetero) is 1. The number of aromatic nitrogens is 1. The summed E-state index contributed by atoms with van der Waals surface area (Å²) in [5.74, 6) is 0.101. The largest absolute Gasteiger partial charge is 0.340 e. The van der Waals surface area contributed by atoms with Crippen LogP contribution >= 0.6 is 0 Å². The van der Waals surface area contributed by atoms with Crippen molar-refractivity contribution in [2.24, 2.45) is 0 Å². The van der Waals surface area contributed by atoms with E-state index in [0.717, 1.165) is 25.3 Å². The van der Waals surface area contributed by atoms with Crippen LogP contribution in [0.2, 0.25) is 0 Å². The van der Waals surface area contributed by atoms with Crippen LogP contribution in [0.15, 0.2) is 54.7 Å². The van der Waals surface area contributed by atoms with Gasteiger partial charge in [0.1, 0.15) is 0 Å². The number of hydrogen-bond acceptors (Lipinski definition) is 4. The molecule has 130 valence electrons. The molecule has 1 saturated heterocycles. The predicted molar refractivity (Wildman–Crippen MR) is 96.1 cm³/mol. The Morgan fingerprint density at radius 3 is 2.28 bits per heavy atom. The first-order valence-corrected chi connectivity index (χ1v) is 8.70. The number of carbonyl (C=O) groups is 2. The Kier molecular flexibility index (Phi) is 5.90. The lowest BCUT2D eigenvalue weighted by atomic mass is 10.1. The highest BCUT2D eigenvalue weighted by Crippen LogP contribution is 2.10. The van der Waals surface area contributed by atoms with Gasteiger partial charge in [-0.1, -0.05) is 36.4 Å². The summed E-state index contributed by atoms with van der Waals surface area (Å²) in [6.45, 7) is 3.93. The fraction of sp³-hybridized carbons (Fsp3) is 0.350. The molecule has 3 rings (SSSR count). The normalized spacial score (nSPS) is 15.1. The van der Waals surface area contributed by atoms with Gasteiger partial charge in [-0.25, -0.2) is 0 Å². The van der Waals surface area contributed by atoms with Crippen LogP contribution in [0, 0.1) is 0 Å². The van der Waals surface area contributed by atoms with Crippen LogP contribution in [0.5, 0.6) is 0 Å². The van der Waals surface area contributed by atoms with Gasteiger partial charge >= 0.3 is 0 Å². The van der Waals surface area contributed by atoms with Gasteiger partial charge in [-0.15, -0.1) is 0 Å². The smallest absolute Gasteiger partial charge is 0.223 e. The van der Waals surface area contributed by atoms with Crippen molar-refractivity contribution in [3.63, 3.8) is 0 Å². The van der Waals surface area contributed by atoms with Gasteiger partial charge in [-0.2, -0.15) is 0 Å². The summed E-state index contributed by atoms with van der Waals surface area (Å²) in [4.78, 5) is 33.0. The summed E-state index contributed by atoms with van der Waals surface area (Å²) in [5, 5.41) is 0. The number of nitrogens with zero attached hydrogens (tertiary/aromatic N) is 3. The quantitative estimate of drug-likeness (QED) is 0.760. The summed E-state index contributed by atoms with van der Waals surface area (Å²) in [7, 11) is 0. The van der Waals surface area contributed by atoms with Crippen molar-refractivity contribution in [3.8, 4) is 0 Å². The summed E-state index contributed by atoms with van der Waals surface area (Å²) in [6.07, 6.45) is 2.36. The highest BCUT2D eigenvalue weighted by Gasteiger charge is 2.21. The molecule has 1 aliphatic heterocycles. The third-order valence-corrected chi connectivity index (χ3v) is 4.50. The topological polar surface area (TPSA) is 53.5 Å². The number of piperazine rings is 1. The molecule has 1 aromatic carbocycles. The Labute approximate surface area is 148 Å². The fourth-order valence-electron chi connectivity index (χ4n) is 3.02. The number of ketones is 1. The first kappa shape index (κ1) is 17.3. The van der Waals surface area contributed by atoms with E-state index in [1.165, 1.54) is 0 Å². The van der Waals surface area contributed by atoms with Crippen LogP contribution < -0.4 is 0 Å². The maximum atomic E-state index is 12.3. The van der Waals surface area contributed by atoms with Crippen LogP contribution in [-0.4, -0.2) is 52.7 Å². The Balaban J connectivity index is 1.42. The number of carbonyl (C=O) groups excluding carboxylic acids is 2. The molecule has 0 bridgehead atoms. The SMILES string of the molecule is O=C(CCC(=O)N1CCN(Cc2ccccn2)CC1)c1ccccc1. The zero-order chi connectivity index (χ0) is 17.5. The van der Waals surface area contributed by atoms with Crippen molar-refractivity contribution in [1.82, 2.24) is 14.8 Å². The first-order valence-electron chi connectivity index (χ1n) is 8.70. The van der Waals surface area contributed by atoms with Crippen LogP contribution in [0.25, 0.3) is 0 Å². The summed E-state index contributed by atoms with van der Waals surface area (Å²) in [6, 6.07) is 15.1. The molecule has 0 N–H and O–H groups in total. The molecule has 0 unspecified atom stereocenters. The standard InChI is InChI=1S/C20H23N3O2/c24-19(17-6-2-1-3-7-17)9-10-20(25)23-14-12-22(13-15-23)16-18-8-4-5-11-21-18/h1-8,11H,9-10,12-16H2. The molecular formula is C20H23N3O2. The number of amides is 1. The van der Waals surface area contributed by atoms with Crippen molar-refractivity contribution in [3.05, 3.63) is 66.0 Å². The molecule has 1 amide bonds. The van der Waals surface area contributed by atoms with Crippen LogP contribution in [0.3, 0.4) is 0 Å². The third-order valence-electron chi connectivity index (χ3n) is 4.50. The molecule has 1 aromatic heterocycles. The van der Waals surface area contributed by atoms with Gasteiger partial charge in [0.25, 0.3) is 0 Å². The second-order valence-electron chi connectivity index (χ2n) is 6.27. The average Bonchev–Trinajstić information content (AvgIpc) is 2.68. The minimum absolute atomic E-state index is 0.0303. The lowest BCUT2D eigenvalue weighted by Crippen LogP contribution is -2.48. The van der Waals surface area contributed by atoms with E-state index in [1.54, 1.807) is 18.3 Å². The molecule has 1 fully saturated rings. The number of pyridine rings is 1. The molecule has 0 atom stereocenters. The molecule has 1 aliphatic rings. The van der Waals surface area contributed by atoms with E-state index < -0.39 is 0 Å². The summed E-state index contributed by atoms with van der Waals surface area (Å²) < 4.78 is 0. The van der Waals surface area contributed by atoms with Crippen LogP contribution in [0.1, 0.15) is 28.9 Å². The van der Waals surface area contributed by atoms with Crippen molar-refractivity contribution in [1.29, 1.82) is 0 Å². The van der Waals surface area contributed by atoms with E-state index >= 15 is 0 Å².